The number of nitrogens with zero attached hydrogens (tertiary/aromatic N) is 1. The van der Waals surface area contributed by atoms with E-state index >= 15 is 0 Å². The van der Waals surface area contributed by atoms with Gasteiger partial charge in [0.25, 0.3) is 5.91 Å². The van der Waals surface area contributed by atoms with E-state index in [2.05, 4.69) is 15.5 Å². The number of aromatic nitrogens is 2. The van der Waals surface area contributed by atoms with Crippen LogP contribution in [0.2, 0.25) is 0 Å². The number of hydrogen-bond acceptors (Lipinski definition) is 3. The number of aryl methyl sites for hydroxylation is 1. The molecule has 4 nitrogen and oxygen atoms in total. The van der Waals surface area contributed by atoms with Gasteiger partial charge in [-0.05, 0) is 30.9 Å². The topological polar surface area (TPSA) is 57.8 Å². The highest BCUT2D eigenvalue weighted by Gasteiger charge is 2.14. The molecule has 1 unspecified atom stereocenters. The van der Waals surface area contributed by atoms with Crippen LogP contribution in [0.15, 0.2) is 23.8 Å². The van der Waals surface area contributed by atoms with E-state index in [9.17, 15) is 4.79 Å². The fraction of sp³-hybridized carbons (Fsp3) is 0.273. The van der Waals surface area contributed by atoms with Gasteiger partial charge < -0.3 is 5.32 Å². The summed E-state index contributed by atoms with van der Waals surface area (Å²) < 4.78 is 0. The fourth-order valence-electron chi connectivity index (χ4n) is 1.45. The summed E-state index contributed by atoms with van der Waals surface area (Å²) in [6.45, 7) is 3.87. The van der Waals surface area contributed by atoms with Crippen LogP contribution in [0.5, 0.6) is 0 Å². The van der Waals surface area contributed by atoms with Crippen molar-refractivity contribution in [2.24, 2.45) is 0 Å². The summed E-state index contributed by atoms with van der Waals surface area (Å²) in [7, 11) is 0. The van der Waals surface area contributed by atoms with Crippen molar-refractivity contribution in [3.63, 3.8) is 0 Å². The highest BCUT2D eigenvalue weighted by Crippen LogP contribution is 2.17. The maximum atomic E-state index is 11.9. The van der Waals surface area contributed by atoms with Crippen LogP contribution in [0.4, 0.5) is 0 Å². The Morgan fingerprint density at radius 3 is 3.00 bits per heavy atom. The first-order valence-corrected chi connectivity index (χ1v) is 5.90. The van der Waals surface area contributed by atoms with Gasteiger partial charge in [-0.25, -0.2) is 0 Å². The Bertz CT molecular complexity index is 475. The number of thiophene rings is 1. The van der Waals surface area contributed by atoms with Gasteiger partial charge >= 0.3 is 0 Å². The van der Waals surface area contributed by atoms with Gasteiger partial charge in [-0.3, -0.25) is 9.89 Å². The Hall–Kier alpha value is -1.62. The number of hydrogen-bond donors (Lipinski definition) is 2. The second-order valence-electron chi connectivity index (χ2n) is 3.66. The molecule has 2 heterocycles. The molecule has 1 atom stereocenters. The molecule has 0 radical (unpaired) electrons. The monoisotopic (exact) mass is 235 g/mol. The minimum absolute atomic E-state index is 0.0267. The Morgan fingerprint density at radius 2 is 2.44 bits per heavy atom. The van der Waals surface area contributed by atoms with Gasteiger partial charge in [0.2, 0.25) is 0 Å². The van der Waals surface area contributed by atoms with Crippen molar-refractivity contribution in [3.05, 3.63) is 39.8 Å². The van der Waals surface area contributed by atoms with Gasteiger partial charge in [-0.15, -0.1) is 11.3 Å². The SMILES string of the molecule is Cc1ccsc1C(=O)NC(C)c1cn[nH]c1. The molecule has 0 saturated heterocycles. The van der Waals surface area contributed by atoms with E-state index in [1.807, 2.05) is 25.3 Å². The Balaban J connectivity index is 2.06. The predicted octanol–water partition coefficient (Wildman–Crippen LogP) is 2.27. The van der Waals surface area contributed by atoms with Crippen LogP contribution >= 0.6 is 11.3 Å². The van der Waals surface area contributed by atoms with Crippen LogP contribution in [0.25, 0.3) is 0 Å². The Kier molecular flexibility index (Phi) is 3.05. The smallest absolute Gasteiger partial charge is 0.262 e. The standard InChI is InChI=1S/C11H13N3OS/c1-7-3-4-16-10(7)11(15)14-8(2)9-5-12-13-6-9/h3-6,8H,1-2H3,(H,12,13)(H,14,15). The molecular formula is C11H13N3OS. The molecule has 0 aliphatic carbocycles. The van der Waals surface area contributed by atoms with E-state index in [-0.39, 0.29) is 11.9 Å². The molecule has 5 heteroatoms. The first-order chi connectivity index (χ1) is 7.68. The van der Waals surface area contributed by atoms with Gasteiger partial charge in [-0.1, -0.05) is 0 Å². The third kappa shape index (κ3) is 2.14. The van der Waals surface area contributed by atoms with Crippen LogP contribution in [0.3, 0.4) is 0 Å². The lowest BCUT2D eigenvalue weighted by molar-refractivity contribution is 0.0943. The maximum absolute atomic E-state index is 11.9. The summed E-state index contributed by atoms with van der Waals surface area (Å²) in [6, 6.07) is 1.91. The molecular weight excluding hydrogens is 222 g/mol. The summed E-state index contributed by atoms with van der Waals surface area (Å²) >= 11 is 1.46. The van der Waals surface area contributed by atoms with Crippen molar-refractivity contribution in [1.82, 2.24) is 15.5 Å². The van der Waals surface area contributed by atoms with Crippen LogP contribution in [0, 0.1) is 6.92 Å². The molecule has 0 fully saturated rings. The number of rotatable bonds is 3. The molecule has 84 valence electrons. The van der Waals surface area contributed by atoms with Crippen LogP contribution < -0.4 is 5.32 Å². The zero-order chi connectivity index (χ0) is 11.5. The molecule has 16 heavy (non-hydrogen) atoms. The minimum atomic E-state index is -0.0345. The lowest BCUT2D eigenvalue weighted by Gasteiger charge is -2.11. The highest BCUT2D eigenvalue weighted by atomic mass is 32.1. The van der Waals surface area contributed by atoms with Gasteiger partial charge in [0, 0.05) is 11.8 Å². The quantitative estimate of drug-likeness (QED) is 0.857. The number of carbonyl (C=O) groups excluding carboxylic acids is 1. The normalized spacial score (nSPS) is 12.4. The van der Waals surface area contributed by atoms with Gasteiger partial charge in [0.1, 0.15) is 0 Å². The number of H-pyrrole nitrogens is 1. The summed E-state index contributed by atoms with van der Waals surface area (Å²) in [6.07, 6.45) is 3.50. The van der Waals surface area contributed by atoms with Crippen molar-refractivity contribution in [2.45, 2.75) is 19.9 Å². The summed E-state index contributed by atoms with van der Waals surface area (Å²) in [5, 5.41) is 11.4. The zero-order valence-corrected chi connectivity index (χ0v) is 9.97. The molecule has 0 saturated carbocycles. The van der Waals surface area contributed by atoms with E-state index in [4.69, 9.17) is 0 Å². The van der Waals surface area contributed by atoms with E-state index < -0.39 is 0 Å². The maximum Gasteiger partial charge on any atom is 0.262 e. The Labute approximate surface area is 97.7 Å². The summed E-state index contributed by atoms with van der Waals surface area (Å²) in [4.78, 5) is 12.7. The molecule has 0 aliphatic rings. The first kappa shape index (κ1) is 10.9. The van der Waals surface area contributed by atoms with Gasteiger partial charge in [0.15, 0.2) is 0 Å². The third-order valence-corrected chi connectivity index (χ3v) is 3.45. The predicted molar refractivity (Wildman–Crippen MR) is 63.5 cm³/mol. The number of carbonyl (C=O) groups is 1. The average Bonchev–Trinajstić information content (AvgIpc) is 2.86. The summed E-state index contributed by atoms with van der Waals surface area (Å²) in [5.74, 6) is -0.0267. The fourth-order valence-corrected chi connectivity index (χ4v) is 2.28. The van der Waals surface area contributed by atoms with Gasteiger partial charge in [0.05, 0.1) is 17.1 Å². The average molecular weight is 235 g/mol. The van der Waals surface area contributed by atoms with Crippen molar-refractivity contribution >= 4 is 17.2 Å². The van der Waals surface area contributed by atoms with E-state index in [1.54, 1.807) is 12.4 Å². The molecule has 2 aromatic heterocycles. The minimum Gasteiger partial charge on any atom is -0.345 e. The summed E-state index contributed by atoms with van der Waals surface area (Å²) in [5.41, 5.74) is 1.99. The second kappa shape index (κ2) is 4.49. The van der Waals surface area contributed by atoms with Crippen LogP contribution in [0.1, 0.15) is 33.8 Å². The largest absolute Gasteiger partial charge is 0.345 e. The number of amides is 1. The molecule has 0 bridgehead atoms. The number of nitrogens with one attached hydrogen (secondary N) is 2. The lowest BCUT2D eigenvalue weighted by atomic mass is 10.2. The molecule has 0 aromatic carbocycles. The van der Waals surface area contributed by atoms with Crippen molar-refractivity contribution in [3.8, 4) is 0 Å². The Morgan fingerprint density at radius 1 is 1.62 bits per heavy atom. The molecule has 2 rings (SSSR count). The molecule has 0 spiro atoms. The highest BCUT2D eigenvalue weighted by molar-refractivity contribution is 7.12. The second-order valence-corrected chi connectivity index (χ2v) is 4.58. The van der Waals surface area contributed by atoms with Crippen molar-refractivity contribution < 1.29 is 4.79 Å². The number of aromatic amines is 1. The van der Waals surface area contributed by atoms with Crippen molar-refractivity contribution in [2.75, 3.05) is 0 Å². The molecule has 1 amide bonds. The van der Waals surface area contributed by atoms with Crippen LogP contribution in [-0.4, -0.2) is 16.1 Å². The van der Waals surface area contributed by atoms with Gasteiger partial charge in [-0.2, -0.15) is 5.10 Å². The molecule has 0 aliphatic heterocycles. The van der Waals surface area contributed by atoms with Crippen LogP contribution in [-0.2, 0) is 0 Å². The lowest BCUT2D eigenvalue weighted by Crippen LogP contribution is -2.26. The third-order valence-electron chi connectivity index (χ3n) is 2.44. The van der Waals surface area contributed by atoms with E-state index in [0.29, 0.717) is 0 Å². The van der Waals surface area contributed by atoms with Crippen molar-refractivity contribution in [1.29, 1.82) is 0 Å². The zero-order valence-electron chi connectivity index (χ0n) is 9.15. The molecule has 2 N–H and O–H groups in total. The molecule has 2 aromatic rings. The van der Waals surface area contributed by atoms with E-state index in [0.717, 1.165) is 16.0 Å². The first-order valence-electron chi connectivity index (χ1n) is 5.02. The van der Waals surface area contributed by atoms with E-state index in [1.165, 1.54) is 11.3 Å².